The summed E-state index contributed by atoms with van der Waals surface area (Å²) in [6, 6.07) is 11.7. The van der Waals surface area contributed by atoms with E-state index in [1.54, 1.807) is 17.5 Å². The summed E-state index contributed by atoms with van der Waals surface area (Å²) >= 11 is 1.66. The monoisotopic (exact) mass is 352 g/mol. The van der Waals surface area contributed by atoms with Gasteiger partial charge in [0.05, 0.1) is 13.0 Å². The average Bonchev–Trinajstić information content (AvgIpc) is 3.17. The van der Waals surface area contributed by atoms with Gasteiger partial charge in [-0.1, -0.05) is 12.1 Å². The normalized spacial score (nSPS) is 10.4. The van der Waals surface area contributed by atoms with E-state index in [1.807, 2.05) is 42.8 Å². The topological polar surface area (TPSA) is 51.2 Å². The molecule has 0 radical (unpaired) electrons. The molecule has 4 nitrogen and oxygen atoms in total. The number of hydrogen-bond acceptors (Lipinski definition) is 4. The number of nitrogens with zero attached hydrogens (tertiary/aromatic N) is 1. The predicted octanol–water partition coefficient (Wildman–Crippen LogP) is 4.07. The fourth-order valence-corrected chi connectivity index (χ4v) is 3.15. The highest BCUT2D eigenvalue weighted by Crippen LogP contribution is 2.21. The van der Waals surface area contributed by atoms with Crippen molar-refractivity contribution in [2.75, 3.05) is 6.61 Å². The number of amides is 1. The second-order valence-corrected chi connectivity index (χ2v) is 6.40. The van der Waals surface area contributed by atoms with E-state index in [9.17, 15) is 4.79 Å². The van der Waals surface area contributed by atoms with Gasteiger partial charge in [-0.25, -0.2) is 0 Å². The van der Waals surface area contributed by atoms with Crippen molar-refractivity contribution in [3.05, 3.63) is 70.7 Å². The highest BCUT2D eigenvalue weighted by molar-refractivity contribution is 7.08. The van der Waals surface area contributed by atoms with Gasteiger partial charge in [-0.3, -0.25) is 9.78 Å². The Morgan fingerprint density at radius 2 is 1.96 bits per heavy atom. The standard InChI is InChI=1S/C20H20N2O2S/c1-2-24-19-5-3-15(4-6-19)10-20(23)22-12-16-9-18(13-21-11-16)17-7-8-25-14-17/h3-9,11,13-14H,2,10,12H2,1H3,(H,22,23). The molecule has 2 aromatic heterocycles. The Labute approximate surface area is 151 Å². The van der Waals surface area contributed by atoms with Crippen LogP contribution in [0.1, 0.15) is 18.1 Å². The van der Waals surface area contributed by atoms with Crippen molar-refractivity contribution in [3.63, 3.8) is 0 Å². The van der Waals surface area contributed by atoms with Gasteiger partial charge in [0.15, 0.2) is 0 Å². The number of rotatable bonds is 7. The average molecular weight is 352 g/mol. The number of pyridine rings is 1. The van der Waals surface area contributed by atoms with Crippen LogP contribution >= 0.6 is 11.3 Å². The largest absolute Gasteiger partial charge is 0.494 e. The van der Waals surface area contributed by atoms with Crippen LogP contribution in [0.5, 0.6) is 5.75 Å². The van der Waals surface area contributed by atoms with E-state index in [2.05, 4.69) is 27.8 Å². The van der Waals surface area contributed by atoms with Crippen molar-refractivity contribution in [1.82, 2.24) is 10.3 Å². The minimum atomic E-state index is -0.00917. The Morgan fingerprint density at radius 1 is 1.12 bits per heavy atom. The first kappa shape index (κ1) is 17.2. The predicted molar refractivity (Wildman–Crippen MR) is 101 cm³/mol. The first-order valence-corrected chi connectivity index (χ1v) is 9.14. The molecular formula is C20H20N2O2S. The highest BCUT2D eigenvalue weighted by Gasteiger charge is 2.05. The van der Waals surface area contributed by atoms with Crippen molar-refractivity contribution in [2.24, 2.45) is 0 Å². The zero-order valence-corrected chi connectivity index (χ0v) is 14.9. The molecule has 0 aliphatic carbocycles. The molecule has 5 heteroatoms. The molecule has 2 heterocycles. The number of ether oxygens (including phenoxy) is 1. The summed E-state index contributed by atoms with van der Waals surface area (Å²) in [5, 5.41) is 7.08. The molecule has 3 rings (SSSR count). The van der Waals surface area contributed by atoms with Gasteiger partial charge < -0.3 is 10.1 Å². The van der Waals surface area contributed by atoms with Gasteiger partial charge >= 0.3 is 0 Å². The number of hydrogen-bond donors (Lipinski definition) is 1. The zero-order chi connectivity index (χ0) is 17.5. The third-order valence-electron chi connectivity index (χ3n) is 3.74. The second kappa shape index (κ2) is 8.44. The zero-order valence-electron chi connectivity index (χ0n) is 14.1. The van der Waals surface area contributed by atoms with Crippen molar-refractivity contribution in [2.45, 2.75) is 19.9 Å². The molecule has 0 aliphatic heterocycles. The maximum absolute atomic E-state index is 12.1. The Bertz CT molecular complexity index is 814. The maximum Gasteiger partial charge on any atom is 0.224 e. The molecule has 128 valence electrons. The van der Waals surface area contributed by atoms with E-state index in [0.717, 1.165) is 28.0 Å². The van der Waals surface area contributed by atoms with E-state index in [0.29, 0.717) is 19.6 Å². The number of benzene rings is 1. The van der Waals surface area contributed by atoms with E-state index in [-0.39, 0.29) is 5.91 Å². The van der Waals surface area contributed by atoms with E-state index in [4.69, 9.17) is 4.74 Å². The summed E-state index contributed by atoms with van der Waals surface area (Å²) in [6.07, 6.45) is 3.98. The van der Waals surface area contributed by atoms with Crippen LogP contribution in [0.2, 0.25) is 0 Å². The lowest BCUT2D eigenvalue weighted by Gasteiger charge is -2.08. The minimum Gasteiger partial charge on any atom is -0.494 e. The third kappa shape index (κ3) is 4.90. The highest BCUT2D eigenvalue weighted by atomic mass is 32.1. The molecule has 3 aromatic rings. The van der Waals surface area contributed by atoms with Crippen LogP contribution in [0.25, 0.3) is 11.1 Å². The minimum absolute atomic E-state index is 0.00917. The summed E-state index contributed by atoms with van der Waals surface area (Å²) in [6.45, 7) is 3.06. The number of nitrogens with one attached hydrogen (secondary N) is 1. The van der Waals surface area contributed by atoms with Gasteiger partial charge in [-0.2, -0.15) is 11.3 Å². The fourth-order valence-electron chi connectivity index (χ4n) is 2.49. The van der Waals surface area contributed by atoms with Gasteiger partial charge in [-0.05, 0) is 58.6 Å². The van der Waals surface area contributed by atoms with E-state index in [1.165, 1.54) is 0 Å². The van der Waals surface area contributed by atoms with Crippen LogP contribution in [0.3, 0.4) is 0 Å². The molecule has 0 spiro atoms. The van der Waals surface area contributed by atoms with Gasteiger partial charge in [0.2, 0.25) is 5.91 Å². The number of carbonyl (C=O) groups excluding carboxylic acids is 1. The Hall–Kier alpha value is -2.66. The van der Waals surface area contributed by atoms with Crippen molar-refractivity contribution >= 4 is 17.2 Å². The first-order chi connectivity index (χ1) is 12.2. The van der Waals surface area contributed by atoms with Crippen LogP contribution in [0, 0.1) is 0 Å². The summed E-state index contributed by atoms with van der Waals surface area (Å²) in [4.78, 5) is 16.4. The third-order valence-corrected chi connectivity index (χ3v) is 4.42. The molecule has 1 N–H and O–H groups in total. The maximum atomic E-state index is 12.1. The molecule has 0 saturated carbocycles. The van der Waals surface area contributed by atoms with Gasteiger partial charge in [0, 0.05) is 24.5 Å². The SMILES string of the molecule is CCOc1ccc(CC(=O)NCc2cncc(-c3ccsc3)c2)cc1. The lowest BCUT2D eigenvalue weighted by Crippen LogP contribution is -2.24. The molecule has 1 aromatic carbocycles. The Balaban J connectivity index is 1.54. The van der Waals surface area contributed by atoms with Crippen molar-refractivity contribution in [1.29, 1.82) is 0 Å². The Morgan fingerprint density at radius 3 is 2.68 bits per heavy atom. The summed E-state index contributed by atoms with van der Waals surface area (Å²) in [7, 11) is 0. The van der Waals surface area contributed by atoms with Gasteiger partial charge in [-0.15, -0.1) is 0 Å². The quantitative estimate of drug-likeness (QED) is 0.697. The molecule has 0 unspecified atom stereocenters. The van der Waals surface area contributed by atoms with Crippen molar-refractivity contribution < 1.29 is 9.53 Å². The van der Waals surface area contributed by atoms with E-state index < -0.39 is 0 Å². The first-order valence-electron chi connectivity index (χ1n) is 8.19. The molecule has 25 heavy (non-hydrogen) atoms. The van der Waals surface area contributed by atoms with Crippen LogP contribution in [-0.2, 0) is 17.8 Å². The molecular weight excluding hydrogens is 332 g/mol. The van der Waals surface area contributed by atoms with Crippen LogP contribution in [0.15, 0.2) is 59.6 Å². The number of carbonyl (C=O) groups is 1. The molecule has 0 bridgehead atoms. The van der Waals surface area contributed by atoms with Gasteiger partial charge in [0.25, 0.3) is 0 Å². The number of aromatic nitrogens is 1. The lowest BCUT2D eigenvalue weighted by molar-refractivity contribution is -0.120. The Kier molecular flexibility index (Phi) is 5.80. The smallest absolute Gasteiger partial charge is 0.224 e. The molecule has 1 amide bonds. The van der Waals surface area contributed by atoms with Crippen molar-refractivity contribution in [3.8, 4) is 16.9 Å². The summed E-state index contributed by atoms with van der Waals surface area (Å²) < 4.78 is 5.41. The lowest BCUT2D eigenvalue weighted by atomic mass is 10.1. The molecule has 0 aliphatic rings. The molecule has 0 fully saturated rings. The summed E-state index contributed by atoms with van der Waals surface area (Å²) in [5.74, 6) is 0.813. The fraction of sp³-hybridized carbons (Fsp3) is 0.200. The second-order valence-electron chi connectivity index (χ2n) is 5.62. The number of thiophene rings is 1. The van der Waals surface area contributed by atoms with Crippen LogP contribution in [0.4, 0.5) is 0 Å². The van der Waals surface area contributed by atoms with Gasteiger partial charge in [0.1, 0.15) is 5.75 Å². The van der Waals surface area contributed by atoms with Crippen LogP contribution < -0.4 is 10.1 Å². The van der Waals surface area contributed by atoms with Crippen LogP contribution in [-0.4, -0.2) is 17.5 Å². The van der Waals surface area contributed by atoms with E-state index >= 15 is 0 Å². The molecule has 0 atom stereocenters. The summed E-state index contributed by atoms with van der Waals surface area (Å²) in [5.41, 5.74) is 4.18. The molecule has 0 saturated heterocycles.